The van der Waals surface area contributed by atoms with Crippen molar-refractivity contribution >= 4 is 0 Å². The second-order valence-electron chi connectivity index (χ2n) is 6.68. The van der Waals surface area contributed by atoms with Gasteiger partial charge in [0.25, 0.3) is 0 Å². The molecule has 0 saturated carbocycles. The summed E-state index contributed by atoms with van der Waals surface area (Å²) in [5.41, 5.74) is 2.33. The molecule has 1 aliphatic heterocycles. The fourth-order valence-corrected chi connectivity index (χ4v) is 3.24. The first-order valence-corrected chi connectivity index (χ1v) is 9.51. The lowest BCUT2D eigenvalue weighted by Crippen LogP contribution is -2.36. The van der Waals surface area contributed by atoms with Crippen molar-refractivity contribution in [2.75, 3.05) is 47.1 Å². The third kappa shape index (κ3) is 5.88. The van der Waals surface area contributed by atoms with E-state index in [2.05, 4.69) is 17.0 Å². The molecular weight excluding hydrogens is 342 g/mol. The zero-order valence-electron chi connectivity index (χ0n) is 16.3. The van der Waals surface area contributed by atoms with E-state index in [1.165, 1.54) is 5.56 Å². The molecule has 0 aromatic heterocycles. The van der Waals surface area contributed by atoms with Crippen molar-refractivity contribution in [2.24, 2.45) is 0 Å². The summed E-state index contributed by atoms with van der Waals surface area (Å²) in [6.45, 7) is 5.38. The van der Waals surface area contributed by atoms with Gasteiger partial charge in [-0.1, -0.05) is 18.2 Å². The van der Waals surface area contributed by atoms with E-state index < -0.39 is 0 Å². The highest BCUT2D eigenvalue weighted by molar-refractivity contribution is 5.43. The molecule has 146 valence electrons. The van der Waals surface area contributed by atoms with E-state index in [9.17, 15) is 0 Å². The van der Waals surface area contributed by atoms with Crippen molar-refractivity contribution in [3.05, 3.63) is 53.6 Å². The number of benzene rings is 2. The molecule has 0 amide bonds. The van der Waals surface area contributed by atoms with Gasteiger partial charge in [-0.2, -0.15) is 0 Å². The molecule has 27 heavy (non-hydrogen) atoms. The molecular formula is C22H29NO4. The lowest BCUT2D eigenvalue weighted by atomic mass is 10.1. The van der Waals surface area contributed by atoms with Crippen LogP contribution in [0.1, 0.15) is 17.5 Å². The van der Waals surface area contributed by atoms with Gasteiger partial charge >= 0.3 is 0 Å². The van der Waals surface area contributed by atoms with Crippen LogP contribution in [0.4, 0.5) is 0 Å². The topological polar surface area (TPSA) is 40.2 Å². The largest absolute Gasteiger partial charge is 0.497 e. The highest BCUT2D eigenvalue weighted by Crippen LogP contribution is 2.29. The molecule has 0 unspecified atom stereocenters. The Hall–Kier alpha value is -2.24. The molecule has 3 rings (SSSR count). The van der Waals surface area contributed by atoms with Crippen molar-refractivity contribution in [2.45, 2.75) is 19.4 Å². The Bertz CT molecular complexity index is 713. The van der Waals surface area contributed by atoms with Gasteiger partial charge < -0.3 is 18.9 Å². The Balaban J connectivity index is 1.53. The summed E-state index contributed by atoms with van der Waals surface area (Å²) in [6.07, 6.45) is 2.16. The maximum atomic E-state index is 5.97. The molecule has 0 atom stereocenters. The van der Waals surface area contributed by atoms with Crippen LogP contribution in [0.3, 0.4) is 0 Å². The first-order valence-electron chi connectivity index (χ1n) is 9.51. The Kier molecular flexibility index (Phi) is 7.36. The van der Waals surface area contributed by atoms with Crippen LogP contribution in [0.2, 0.25) is 0 Å². The molecule has 0 spiro atoms. The smallest absolute Gasteiger partial charge is 0.161 e. The van der Waals surface area contributed by atoms with Gasteiger partial charge in [-0.15, -0.1) is 0 Å². The van der Waals surface area contributed by atoms with Gasteiger partial charge in [0.2, 0.25) is 0 Å². The maximum absolute atomic E-state index is 5.97. The van der Waals surface area contributed by atoms with Gasteiger partial charge in [0.1, 0.15) is 12.4 Å². The number of morpholine rings is 1. The van der Waals surface area contributed by atoms with Crippen molar-refractivity contribution in [1.82, 2.24) is 4.90 Å². The zero-order chi connectivity index (χ0) is 18.9. The number of rotatable bonds is 9. The van der Waals surface area contributed by atoms with Crippen LogP contribution in [-0.2, 0) is 17.8 Å². The van der Waals surface area contributed by atoms with Gasteiger partial charge in [0.15, 0.2) is 11.5 Å². The van der Waals surface area contributed by atoms with Crippen LogP contribution < -0.4 is 14.2 Å². The fraction of sp³-hybridized carbons (Fsp3) is 0.455. The molecule has 1 saturated heterocycles. The summed E-state index contributed by atoms with van der Waals surface area (Å²) < 4.78 is 22.2. The number of nitrogens with zero attached hydrogens (tertiary/aromatic N) is 1. The minimum atomic E-state index is 0.476. The lowest BCUT2D eigenvalue weighted by Gasteiger charge is -2.26. The van der Waals surface area contributed by atoms with Crippen molar-refractivity contribution in [1.29, 1.82) is 0 Å². The predicted molar refractivity (Wildman–Crippen MR) is 106 cm³/mol. The molecule has 0 bridgehead atoms. The average molecular weight is 371 g/mol. The van der Waals surface area contributed by atoms with E-state index in [0.717, 1.165) is 68.5 Å². The summed E-state index contributed by atoms with van der Waals surface area (Å²) in [7, 11) is 3.35. The predicted octanol–water partition coefficient (Wildman–Crippen LogP) is 3.55. The number of methoxy groups -OCH3 is 2. The average Bonchev–Trinajstić information content (AvgIpc) is 2.73. The van der Waals surface area contributed by atoms with E-state index in [1.54, 1.807) is 14.2 Å². The monoisotopic (exact) mass is 371 g/mol. The van der Waals surface area contributed by atoms with Gasteiger partial charge in [-0.3, -0.25) is 4.90 Å². The van der Waals surface area contributed by atoms with E-state index in [0.29, 0.717) is 6.61 Å². The van der Waals surface area contributed by atoms with Gasteiger partial charge in [-0.05, 0) is 54.8 Å². The maximum Gasteiger partial charge on any atom is 0.161 e. The van der Waals surface area contributed by atoms with Crippen LogP contribution in [0, 0.1) is 0 Å². The minimum absolute atomic E-state index is 0.476. The fourth-order valence-electron chi connectivity index (χ4n) is 3.24. The van der Waals surface area contributed by atoms with Crippen LogP contribution in [0.25, 0.3) is 0 Å². The molecule has 2 aromatic rings. The number of aryl methyl sites for hydroxylation is 1. The Morgan fingerprint density at radius 1 is 0.926 bits per heavy atom. The molecule has 1 fully saturated rings. The summed E-state index contributed by atoms with van der Waals surface area (Å²) in [5.74, 6) is 2.37. The second kappa shape index (κ2) is 10.2. The number of hydrogen-bond donors (Lipinski definition) is 0. The SMILES string of the molecule is COc1cccc(COc2ccc(CCCN3CCOCC3)cc2OC)c1. The summed E-state index contributed by atoms with van der Waals surface area (Å²) in [5, 5.41) is 0. The number of hydrogen-bond acceptors (Lipinski definition) is 5. The molecule has 0 radical (unpaired) electrons. The standard InChI is InChI=1S/C22H29NO4/c1-24-20-7-3-5-19(15-20)17-27-21-9-8-18(16-22(21)25-2)6-4-10-23-11-13-26-14-12-23/h3,5,7-9,15-16H,4,6,10-14,17H2,1-2H3. The van der Waals surface area contributed by atoms with Crippen LogP contribution in [0.15, 0.2) is 42.5 Å². The minimum Gasteiger partial charge on any atom is -0.497 e. The van der Waals surface area contributed by atoms with Crippen molar-refractivity contribution in [3.8, 4) is 17.2 Å². The molecule has 2 aromatic carbocycles. The highest BCUT2D eigenvalue weighted by Gasteiger charge is 2.11. The van der Waals surface area contributed by atoms with Crippen LogP contribution in [-0.4, -0.2) is 52.0 Å². The van der Waals surface area contributed by atoms with E-state index in [4.69, 9.17) is 18.9 Å². The molecule has 1 heterocycles. The third-order valence-electron chi connectivity index (χ3n) is 4.80. The second-order valence-corrected chi connectivity index (χ2v) is 6.68. The zero-order valence-corrected chi connectivity index (χ0v) is 16.3. The molecule has 0 aliphatic carbocycles. The highest BCUT2D eigenvalue weighted by atomic mass is 16.5. The van der Waals surface area contributed by atoms with Crippen LogP contribution in [0.5, 0.6) is 17.2 Å². The van der Waals surface area contributed by atoms with E-state index >= 15 is 0 Å². The lowest BCUT2D eigenvalue weighted by molar-refractivity contribution is 0.0374. The first-order chi connectivity index (χ1) is 13.3. The first kappa shape index (κ1) is 19.5. The van der Waals surface area contributed by atoms with Crippen LogP contribution >= 0.6 is 0 Å². The molecule has 5 nitrogen and oxygen atoms in total. The Labute approximate surface area is 161 Å². The molecule has 5 heteroatoms. The Morgan fingerprint density at radius 3 is 2.56 bits per heavy atom. The van der Waals surface area contributed by atoms with Crippen molar-refractivity contribution in [3.63, 3.8) is 0 Å². The van der Waals surface area contributed by atoms with E-state index in [1.807, 2.05) is 30.3 Å². The molecule has 0 N–H and O–H groups in total. The summed E-state index contributed by atoms with van der Waals surface area (Å²) in [4.78, 5) is 2.46. The van der Waals surface area contributed by atoms with Gasteiger partial charge in [-0.25, -0.2) is 0 Å². The Morgan fingerprint density at radius 2 is 1.78 bits per heavy atom. The van der Waals surface area contributed by atoms with Gasteiger partial charge in [0.05, 0.1) is 27.4 Å². The van der Waals surface area contributed by atoms with Crippen molar-refractivity contribution < 1.29 is 18.9 Å². The summed E-state index contributed by atoms with van der Waals surface area (Å²) in [6, 6.07) is 14.1. The quantitative estimate of drug-likeness (QED) is 0.674. The van der Waals surface area contributed by atoms with Gasteiger partial charge in [0, 0.05) is 13.1 Å². The molecule has 1 aliphatic rings. The number of ether oxygens (including phenoxy) is 4. The summed E-state index contributed by atoms with van der Waals surface area (Å²) >= 11 is 0. The third-order valence-corrected chi connectivity index (χ3v) is 4.80. The normalized spacial score (nSPS) is 14.7. The van der Waals surface area contributed by atoms with E-state index in [-0.39, 0.29) is 0 Å².